The molecule has 0 bridgehead atoms. The number of pyridine rings is 1. The Balaban J connectivity index is 1.86. The maximum absolute atomic E-state index is 13.3. The zero-order chi connectivity index (χ0) is 19.7. The van der Waals surface area contributed by atoms with Gasteiger partial charge in [-0.15, -0.1) is 0 Å². The Bertz CT molecular complexity index is 1040. The molecule has 3 aromatic rings. The van der Waals surface area contributed by atoms with Crippen molar-refractivity contribution in [2.45, 2.75) is 13.1 Å². The molecule has 1 aromatic heterocycles. The van der Waals surface area contributed by atoms with Crippen LogP contribution in [0.4, 0.5) is 11.4 Å². The normalized spacial score (nSPS) is 15.3. The number of ether oxygens (including phenoxy) is 2. The number of aryl methyl sites for hydroxylation is 1. The highest BCUT2D eigenvalue weighted by molar-refractivity contribution is 6.11. The first-order valence-corrected chi connectivity index (χ1v) is 8.96. The minimum absolute atomic E-state index is 0.138. The second-order valence-corrected chi connectivity index (χ2v) is 6.51. The molecule has 0 spiro atoms. The average Bonchev–Trinajstić information content (AvgIpc) is 3.01. The van der Waals surface area contributed by atoms with Crippen molar-refractivity contribution in [3.8, 4) is 11.5 Å². The number of hydrogen-bond acceptors (Lipinski definition) is 5. The molecule has 142 valence electrons. The molecule has 0 aliphatic carbocycles. The van der Waals surface area contributed by atoms with Crippen LogP contribution in [-0.2, 0) is 0 Å². The van der Waals surface area contributed by atoms with Crippen LogP contribution in [0.3, 0.4) is 0 Å². The van der Waals surface area contributed by atoms with Crippen LogP contribution in [0, 0.1) is 6.92 Å². The standard InChI is InChI=1S/C22H21N3O3/c1-14-7-4-5-9-17(14)24-21-20-16(8-6-12-23-20)22(26)25(21)18-13-15(27-2)10-11-19(18)28-3/h4-13,21,24H,1-3H3/t21-/m1/s1. The van der Waals surface area contributed by atoms with E-state index in [9.17, 15) is 4.79 Å². The van der Waals surface area contributed by atoms with Crippen molar-refractivity contribution in [3.05, 3.63) is 77.6 Å². The molecule has 4 rings (SSSR count). The second-order valence-electron chi connectivity index (χ2n) is 6.51. The number of carbonyl (C=O) groups excluding carboxylic acids is 1. The summed E-state index contributed by atoms with van der Waals surface area (Å²) < 4.78 is 10.9. The number of hydrogen-bond donors (Lipinski definition) is 1. The summed E-state index contributed by atoms with van der Waals surface area (Å²) in [7, 11) is 3.18. The van der Waals surface area contributed by atoms with Gasteiger partial charge in [-0.25, -0.2) is 0 Å². The third-order valence-electron chi connectivity index (χ3n) is 4.89. The Labute approximate surface area is 163 Å². The zero-order valence-electron chi connectivity index (χ0n) is 16.0. The number of methoxy groups -OCH3 is 2. The van der Waals surface area contributed by atoms with E-state index in [1.54, 1.807) is 55.6 Å². The van der Waals surface area contributed by atoms with Crippen molar-refractivity contribution in [3.63, 3.8) is 0 Å². The van der Waals surface area contributed by atoms with Crippen LogP contribution in [-0.4, -0.2) is 25.1 Å². The first-order valence-electron chi connectivity index (χ1n) is 8.96. The third kappa shape index (κ3) is 2.93. The first-order chi connectivity index (χ1) is 13.6. The molecule has 0 unspecified atom stereocenters. The van der Waals surface area contributed by atoms with Gasteiger partial charge in [0.05, 0.1) is 31.2 Å². The van der Waals surface area contributed by atoms with Gasteiger partial charge in [0.2, 0.25) is 0 Å². The van der Waals surface area contributed by atoms with E-state index in [1.807, 2.05) is 31.2 Å². The van der Waals surface area contributed by atoms with E-state index in [-0.39, 0.29) is 5.91 Å². The molecule has 6 heteroatoms. The summed E-state index contributed by atoms with van der Waals surface area (Å²) >= 11 is 0. The molecular weight excluding hydrogens is 354 g/mol. The molecule has 2 heterocycles. The maximum Gasteiger partial charge on any atom is 0.262 e. The number of benzene rings is 2. The van der Waals surface area contributed by atoms with Crippen LogP contribution in [0.15, 0.2) is 60.8 Å². The molecule has 0 saturated carbocycles. The lowest BCUT2D eigenvalue weighted by Crippen LogP contribution is -2.33. The van der Waals surface area contributed by atoms with Crippen LogP contribution in [0.2, 0.25) is 0 Å². The lowest BCUT2D eigenvalue weighted by molar-refractivity contribution is 0.0992. The van der Waals surface area contributed by atoms with E-state index in [4.69, 9.17) is 9.47 Å². The Morgan fingerprint density at radius 1 is 1.04 bits per heavy atom. The molecule has 0 radical (unpaired) electrons. The minimum atomic E-state index is -0.467. The van der Waals surface area contributed by atoms with Gasteiger partial charge in [0.15, 0.2) is 6.17 Å². The van der Waals surface area contributed by atoms with Crippen LogP contribution >= 0.6 is 0 Å². The van der Waals surface area contributed by atoms with Crippen molar-refractivity contribution < 1.29 is 14.3 Å². The fourth-order valence-electron chi connectivity index (χ4n) is 3.43. The number of carbonyl (C=O) groups is 1. The van der Waals surface area contributed by atoms with Crippen LogP contribution in [0.1, 0.15) is 27.8 Å². The molecular formula is C22H21N3O3. The number of anilines is 2. The summed E-state index contributed by atoms with van der Waals surface area (Å²) in [6.07, 6.45) is 1.23. The van der Waals surface area contributed by atoms with Gasteiger partial charge >= 0.3 is 0 Å². The van der Waals surface area contributed by atoms with Gasteiger partial charge in [-0.05, 0) is 42.8 Å². The highest BCUT2D eigenvalue weighted by Crippen LogP contribution is 2.42. The van der Waals surface area contributed by atoms with E-state index in [0.717, 1.165) is 11.3 Å². The number of nitrogens with zero attached hydrogens (tertiary/aromatic N) is 2. The summed E-state index contributed by atoms with van der Waals surface area (Å²) in [4.78, 5) is 19.5. The topological polar surface area (TPSA) is 63.7 Å². The smallest absolute Gasteiger partial charge is 0.262 e. The van der Waals surface area contributed by atoms with Crippen molar-refractivity contribution in [1.29, 1.82) is 0 Å². The Morgan fingerprint density at radius 2 is 1.86 bits per heavy atom. The van der Waals surface area contributed by atoms with Crippen molar-refractivity contribution >= 4 is 17.3 Å². The summed E-state index contributed by atoms with van der Waals surface area (Å²) in [5, 5.41) is 3.48. The van der Waals surface area contributed by atoms with E-state index < -0.39 is 6.17 Å². The highest BCUT2D eigenvalue weighted by Gasteiger charge is 2.40. The van der Waals surface area contributed by atoms with E-state index >= 15 is 0 Å². The molecule has 0 saturated heterocycles. The molecule has 6 nitrogen and oxygen atoms in total. The first kappa shape index (κ1) is 17.9. The van der Waals surface area contributed by atoms with Gasteiger partial charge < -0.3 is 14.8 Å². The largest absolute Gasteiger partial charge is 0.497 e. The Hall–Kier alpha value is -3.54. The lowest BCUT2D eigenvalue weighted by Gasteiger charge is -2.28. The van der Waals surface area contributed by atoms with Crippen molar-refractivity contribution in [2.75, 3.05) is 24.4 Å². The average molecular weight is 375 g/mol. The Morgan fingerprint density at radius 3 is 2.61 bits per heavy atom. The molecule has 1 N–H and O–H groups in total. The monoisotopic (exact) mass is 375 g/mol. The van der Waals surface area contributed by atoms with Gasteiger partial charge in [0, 0.05) is 18.0 Å². The Kier molecular flexibility index (Phi) is 4.61. The van der Waals surface area contributed by atoms with Crippen LogP contribution in [0.5, 0.6) is 11.5 Å². The predicted octanol–water partition coefficient (Wildman–Crippen LogP) is 4.18. The molecule has 2 aromatic carbocycles. The summed E-state index contributed by atoms with van der Waals surface area (Å²) in [5.74, 6) is 1.08. The quantitative estimate of drug-likeness (QED) is 0.725. The summed E-state index contributed by atoms with van der Waals surface area (Å²) in [6, 6.07) is 16.9. The number of rotatable bonds is 5. The second kappa shape index (κ2) is 7.23. The van der Waals surface area contributed by atoms with Crippen LogP contribution < -0.4 is 19.7 Å². The minimum Gasteiger partial charge on any atom is -0.497 e. The highest BCUT2D eigenvalue weighted by atomic mass is 16.5. The maximum atomic E-state index is 13.3. The summed E-state index contributed by atoms with van der Waals surface area (Å²) in [6.45, 7) is 2.02. The molecule has 28 heavy (non-hydrogen) atoms. The SMILES string of the molecule is COc1ccc(OC)c(N2C(=O)c3cccnc3[C@@H]2Nc2ccccc2C)c1. The van der Waals surface area contributed by atoms with Gasteiger partial charge in [-0.1, -0.05) is 18.2 Å². The number of nitrogens with one attached hydrogen (secondary N) is 1. The van der Waals surface area contributed by atoms with E-state index in [0.29, 0.717) is 28.4 Å². The predicted molar refractivity (Wildman–Crippen MR) is 108 cm³/mol. The van der Waals surface area contributed by atoms with E-state index in [1.165, 1.54) is 0 Å². The molecule has 1 atom stereocenters. The molecule has 1 aliphatic heterocycles. The number of amides is 1. The van der Waals surface area contributed by atoms with Gasteiger partial charge in [0.25, 0.3) is 5.91 Å². The zero-order valence-corrected chi connectivity index (χ0v) is 16.0. The fraction of sp³-hybridized carbons (Fsp3) is 0.182. The fourth-order valence-corrected chi connectivity index (χ4v) is 3.43. The van der Waals surface area contributed by atoms with Gasteiger partial charge in [-0.2, -0.15) is 0 Å². The van der Waals surface area contributed by atoms with Crippen molar-refractivity contribution in [1.82, 2.24) is 4.98 Å². The van der Waals surface area contributed by atoms with Crippen molar-refractivity contribution in [2.24, 2.45) is 0 Å². The van der Waals surface area contributed by atoms with Gasteiger partial charge in [-0.3, -0.25) is 14.7 Å². The molecule has 1 aliphatic rings. The number of aromatic nitrogens is 1. The molecule has 1 amide bonds. The number of fused-ring (bicyclic) bond motifs is 1. The molecule has 0 fully saturated rings. The van der Waals surface area contributed by atoms with E-state index in [2.05, 4.69) is 10.3 Å². The number of para-hydroxylation sites is 1. The van der Waals surface area contributed by atoms with Crippen LogP contribution in [0.25, 0.3) is 0 Å². The third-order valence-corrected chi connectivity index (χ3v) is 4.89. The lowest BCUT2D eigenvalue weighted by atomic mass is 10.1. The summed E-state index contributed by atoms with van der Waals surface area (Å²) in [5.41, 5.74) is 3.89. The van der Waals surface area contributed by atoms with Gasteiger partial charge in [0.1, 0.15) is 11.5 Å².